The van der Waals surface area contributed by atoms with Crippen LogP contribution < -0.4 is 5.90 Å². The van der Waals surface area contributed by atoms with Crippen LogP contribution >= 0.6 is 0 Å². The van der Waals surface area contributed by atoms with E-state index in [-0.39, 0.29) is 0 Å². The average molecular weight is 304 g/mol. The largest absolute Gasteiger partial charge is 0.303 e. The monoisotopic (exact) mass is 304 g/mol. The van der Waals surface area contributed by atoms with Gasteiger partial charge in [-0.3, -0.25) is 4.90 Å². The summed E-state index contributed by atoms with van der Waals surface area (Å²) in [6, 6.07) is 16.0. The molecule has 0 bridgehead atoms. The first-order chi connectivity index (χ1) is 11.2. The van der Waals surface area contributed by atoms with Crippen molar-refractivity contribution in [3.05, 3.63) is 70.8 Å². The Balaban J connectivity index is 2.05. The summed E-state index contributed by atoms with van der Waals surface area (Å²) in [6.07, 6.45) is 10.8. The summed E-state index contributed by atoms with van der Waals surface area (Å²) < 4.78 is 0. The topological polar surface area (TPSA) is 38.5 Å². The van der Waals surface area contributed by atoms with E-state index in [1.165, 1.54) is 11.1 Å². The lowest BCUT2D eigenvalue weighted by Gasteiger charge is -2.22. The summed E-state index contributed by atoms with van der Waals surface area (Å²) >= 11 is 0. The van der Waals surface area contributed by atoms with Gasteiger partial charge < -0.3 is 4.84 Å². The molecule has 2 N–H and O–H groups in total. The van der Waals surface area contributed by atoms with Crippen molar-refractivity contribution in [3.8, 4) is 24.7 Å². The molecule has 3 heteroatoms. The zero-order valence-corrected chi connectivity index (χ0v) is 13.0. The van der Waals surface area contributed by atoms with Crippen LogP contribution in [0.2, 0.25) is 0 Å². The smallest absolute Gasteiger partial charge is 0.0806 e. The number of rotatable bonds is 7. The molecule has 23 heavy (non-hydrogen) atoms. The van der Waals surface area contributed by atoms with Crippen LogP contribution in [0.1, 0.15) is 22.3 Å². The molecule has 0 saturated heterocycles. The zero-order chi connectivity index (χ0) is 16.5. The molecule has 0 radical (unpaired) electrons. The van der Waals surface area contributed by atoms with Gasteiger partial charge in [0.25, 0.3) is 0 Å². The Labute approximate surface area is 138 Å². The highest BCUT2D eigenvalue weighted by molar-refractivity contribution is 5.35. The molecule has 2 rings (SSSR count). The Bertz CT molecular complexity index is 631. The van der Waals surface area contributed by atoms with Crippen LogP contribution in [-0.4, -0.2) is 18.1 Å². The second-order valence-electron chi connectivity index (χ2n) is 5.26. The van der Waals surface area contributed by atoms with Gasteiger partial charge in [0.05, 0.1) is 6.61 Å². The Morgan fingerprint density at radius 2 is 1.26 bits per heavy atom. The van der Waals surface area contributed by atoms with E-state index in [0.717, 1.165) is 30.8 Å². The molecule has 0 unspecified atom stereocenters. The molecule has 0 aliphatic heterocycles. The molecule has 2 aromatic carbocycles. The molecule has 0 fully saturated rings. The number of hydrogen-bond donors (Lipinski definition) is 1. The third-order valence-electron chi connectivity index (χ3n) is 3.58. The fourth-order valence-electron chi connectivity index (χ4n) is 2.32. The summed E-state index contributed by atoms with van der Waals surface area (Å²) in [7, 11) is 0. The molecule has 0 spiro atoms. The Morgan fingerprint density at radius 1 is 0.826 bits per heavy atom. The first-order valence-corrected chi connectivity index (χ1v) is 7.40. The Hall–Kier alpha value is -2.56. The molecular weight excluding hydrogens is 284 g/mol. The van der Waals surface area contributed by atoms with Crippen LogP contribution in [0.5, 0.6) is 0 Å². The molecule has 0 aromatic heterocycles. The second kappa shape index (κ2) is 8.78. The molecule has 0 saturated carbocycles. The molecule has 0 aliphatic carbocycles. The van der Waals surface area contributed by atoms with Crippen molar-refractivity contribution in [2.45, 2.75) is 13.1 Å². The van der Waals surface area contributed by atoms with Gasteiger partial charge in [-0.2, -0.15) is 0 Å². The van der Waals surface area contributed by atoms with Crippen molar-refractivity contribution < 1.29 is 4.84 Å². The number of nitrogens with two attached hydrogens (primary N) is 1. The van der Waals surface area contributed by atoms with Gasteiger partial charge in [0.15, 0.2) is 0 Å². The normalized spacial score (nSPS) is 10.3. The van der Waals surface area contributed by atoms with E-state index in [9.17, 15) is 0 Å². The van der Waals surface area contributed by atoms with Crippen molar-refractivity contribution >= 4 is 0 Å². The van der Waals surface area contributed by atoms with Gasteiger partial charge in [0.2, 0.25) is 0 Å². The summed E-state index contributed by atoms with van der Waals surface area (Å²) in [5.74, 6) is 10.4. The lowest BCUT2D eigenvalue weighted by molar-refractivity contribution is 0.100. The Morgan fingerprint density at radius 3 is 1.61 bits per heavy atom. The van der Waals surface area contributed by atoms with Gasteiger partial charge >= 0.3 is 0 Å². The predicted molar refractivity (Wildman–Crippen MR) is 93.0 cm³/mol. The fourth-order valence-corrected chi connectivity index (χ4v) is 2.32. The minimum Gasteiger partial charge on any atom is -0.303 e. The average Bonchev–Trinajstić information content (AvgIpc) is 2.61. The van der Waals surface area contributed by atoms with E-state index < -0.39 is 0 Å². The maximum Gasteiger partial charge on any atom is 0.0806 e. The lowest BCUT2D eigenvalue weighted by atomic mass is 10.1. The van der Waals surface area contributed by atoms with E-state index in [1.54, 1.807) is 0 Å². The van der Waals surface area contributed by atoms with Gasteiger partial charge in [0, 0.05) is 30.8 Å². The quantitative estimate of drug-likeness (QED) is 0.631. The third kappa shape index (κ3) is 5.29. The predicted octanol–water partition coefficient (Wildman–Crippen LogP) is 2.54. The summed E-state index contributed by atoms with van der Waals surface area (Å²) in [6.45, 7) is 2.81. The molecule has 0 heterocycles. The lowest BCUT2D eigenvalue weighted by Crippen LogP contribution is -2.27. The summed E-state index contributed by atoms with van der Waals surface area (Å²) in [5, 5.41) is 0. The van der Waals surface area contributed by atoms with Gasteiger partial charge in [-0.25, -0.2) is 5.90 Å². The van der Waals surface area contributed by atoms with Crippen molar-refractivity contribution in [2.75, 3.05) is 13.2 Å². The van der Waals surface area contributed by atoms with Gasteiger partial charge in [-0.05, 0) is 35.4 Å². The van der Waals surface area contributed by atoms with Crippen molar-refractivity contribution in [3.63, 3.8) is 0 Å². The van der Waals surface area contributed by atoms with Crippen molar-refractivity contribution in [2.24, 2.45) is 5.90 Å². The van der Waals surface area contributed by atoms with E-state index in [0.29, 0.717) is 6.61 Å². The van der Waals surface area contributed by atoms with E-state index in [2.05, 4.69) is 16.7 Å². The molecule has 2 aromatic rings. The van der Waals surface area contributed by atoms with Crippen LogP contribution in [0, 0.1) is 24.7 Å². The SMILES string of the molecule is C#Cc1ccc(CN(CCON)Cc2ccc(C#C)cc2)cc1. The van der Waals surface area contributed by atoms with Crippen LogP contribution in [0.3, 0.4) is 0 Å². The third-order valence-corrected chi connectivity index (χ3v) is 3.58. The highest BCUT2D eigenvalue weighted by Crippen LogP contribution is 2.12. The molecule has 0 aliphatic rings. The van der Waals surface area contributed by atoms with Crippen molar-refractivity contribution in [1.82, 2.24) is 4.90 Å². The van der Waals surface area contributed by atoms with Gasteiger partial charge in [-0.1, -0.05) is 36.1 Å². The summed E-state index contributed by atoms with van der Waals surface area (Å²) in [5.41, 5.74) is 4.16. The maximum absolute atomic E-state index is 5.39. The zero-order valence-electron chi connectivity index (χ0n) is 13.0. The van der Waals surface area contributed by atoms with Crippen molar-refractivity contribution in [1.29, 1.82) is 0 Å². The van der Waals surface area contributed by atoms with Gasteiger partial charge in [-0.15, -0.1) is 12.8 Å². The van der Waals surface area contributed by atoms with Crippen LogP contribution in [0.15, 0.2) is 48.5 Å². The fraction of sp³-hybridized carbons (Fsp3) is 0.200. The summed E-state index contributed by atoms with van der Waals surface area (Å²) in [4.78, 5) is 6.99. The van der Waals surface area contributed by atoms with Crippen LogP contribution in [0.4, 0.5) is 0 Å². The standard InChI is InChI=1S/C20H20N2O/c1-3-17-5-9-19(10-6-17)15-22(13-14-23-21)16-20-11-7-18(4-2)8-12-20/h1-2,5-12H,13-16,21H2. The van der Waals surface area contributed by atoms with E-state index in [1.807, 2.05) is 48.5 Å². The highest BCUT2D eigenvalue weighted by atomic mass is 16.6. The second-order valence-corrected chi connectivity index (χ2v) is 5.26. The van der Waals surface area contributed by atoms with E-state index >= 15 is 0 Å². The van der Waals surface area contributed by atoms with Gasteiger partial charge in [0.1, 0.15) is 0 Å². The number of nitrogens with zero attached hydrogens (tertiary/aromatic N) is 1. The Kier molecular flexibility index (Phi) is 6.41. The molecule has 0 amide bonds. The first kappa shape index (κ1) is 16.8. The van der Waals surface area contributed by atoms with Crippen LogP contribution in [-0.2, 0) is 17.9 Å². The minimum absolute atomic E-state index is 0.477. The molecule has 116 valence electrons. The molecular formula is C20H20N2O. The number of benzene rings is 2. The number of hydrogen-bond acceptors (Lipinski definition) is 3. The molecule has 3 nitrogen and oxygen atoms in total. The molecule has 0 atom stereocenters. The number of terminal acetylenes is 2. The maximum atomic E-state index is 5.39. The van der Waals surface area contributed by atoms with Crippen LogP contribution in [0.25, 0.3) is 0 Å². The minimum atomic E-state index is 0.477. The highest BCUT2D eigenvalue weighted by Gasteiger charge is 2.07. The first-order valence-electron chi connectivity index (χ1n) is 7.40. The van der Waals surface area contributed by atoms with E-state index in [4.69, 9.17) is 23.6 Å².